The summed E-state index contributed by atoms with van der Waals surface area (Å²) in [5, 5.41) is 3.21. The molecule has 1 aromatic carbocycles. The molecule has 0 amide bonds. The van der Waals surface area contributed by atoms with Crippen LogP contribution in [0.25, 0.3) is 0 Å². The van der Waals surface area contributed by atoms with Gasteiger partial charge in [0.2, 0.25) is 0 Å². The molecule has 0 aliphatic carbocycles. The van der Waals surface area contributed by atoms with Gasteiger partial charge in [-0.25, -0.2) is 8.42 Å². The summed E-state index contributed by atoms with van der Waals surface area (Å²) < 4.78 is 29.7. The first kappa shape index (κ1) is 16.0. The fourth-order valence-electron chi connectivity index (χ4n) is 1.84. The molecule has 1 N–H and O–H groups in total. The summed E-state index contributed by atoms with van der Waals surface area (Å²) in [6.07, 6.45) is 0.616. The van der Waals surface area contributed by atoms with Crippen molar-refractivity contribution in [2.75, 3.05) is 24.3 Å². The Morgan fingerprint density at radius 2 is 1.95 bits per heavy atom. The molecule has 1 rings (SSSR count). The first-order valence-electron chi connectivity index (χ1n) is 6.67. The molecule has 0 bridgehead atoms. The van der Waals surface area contributed by atoms with Crippen molar-refractivity contribution in [3.63, 3.8) is 0 Å². The van der Waals surface area contributed by atoms with Crippen molar-refractivity contribution in [3.05, 3.63) is 24.3 Å². The summed E-state index contributed by atoms with van der Waals surface area (Å²) in [6.45, 7) is 6.98. The van der Waals surface area contributed by atoms with Crippen molar-refractivity contribution in [3.8, 4) is 0 Å². The predicted octanol–water partition coefficient (Wildman–Crippen LogP) is 2.71. The number of ether oxygens (including phenoxy) is 1. The van der Waals surface area contributed by atoms with Crippen LogP contribution < -0.4 is 5.32 Å². The van der Waals surface area contributed by atoms with E-state index in [-0.39, 0.29) is 11.8 Å². The number of rotatable bonds is 8. The quantitative estimate of drug-likeness (QED) is 0.798. The van der Waals surface area contributed by atoms with Crippen LogP contribution in [0.15, 0.2) is 29.2 Å². The van der Waals surface area contributed by atoms with Crippen LogP contribution in [0.1, 0.15) is 27.2 Å². The third kappa shape index (κ3) is 4.84. The Morgan fingerprint density at radius 3 is 2.58 bits per heavy atom. The lowest BCUT2D eigenvalue weighted by molar-refractivity contribution is 0.141. The van der Waals surface area contributed by atoms with Crippen molar-refractivity contribution in [2.45, 2.75) is 38.1 Å². The van der Waals surface area contributed by atoms with E-state index in [0.29, 0.717) is 30.2 Å². The summed E-state index contributed by atoms with van der Waals surface area (Å²) >= 11 is 0. The van der Waals surface area contributed by atoms with Crippen LogP contribution in [0.4, 0.5) is 5.69 Å². The first-order valence-corrected chi connectivity index (χ1v) is 8.32. The van der Waals surface area contributed by atoms with E-state index in [1.54, 1.807) is 18.2 Å². The van der Waals surface area contributed by atoms with E-state index in [1.165, 1.54) is 0 Å². The van der Waals surface area contributed by atoms with Gasteiger partial charge in [-0.3, -0.25) is 0 Å². The van der Waals surface area contributed by atoms with Gasteiger partial charge in [0.15, 0.2) is 9.84 Å². The molecule has 0 saturated heterocycles. The minimum absolute atomic E-state index is 0.0675. The van der Waals surface area contributed by atoms with Gasteiger partial charge in [-0.2, -0.15) is 0 Å². The summed E-state index contributed by atoms with van der Waals surface area (Å²) in [5.74, 6) is 0.172. The summed E-state index contributed by atoms with van der Waals surface area (Å²) in [5.41, 5.74) is 0.656. The molecule has 0 saturated carbocycles. The van der Waals surface area contributed by atoms with Gasteiger partial charge >= 0.3 is 0 Å². The number of para-hydroxylation sites is 1. The molecule has 0 spiro atoms. The monoisotopic (exact) mass is 285 g/mol. The summed E-state index contributed by atoms with van der Waals surface area (Å²) in [7, 11) is -3.21. The maximum Gasteiger partial charge on any atom is 0.180 e. The fraction of sp³-hybridized carbons (Fsp3) is 0.571. The molecule has 0 aliphatic rings. The van der Waals surface area contributed by atoms with Gasteiger partial charge in [0.1, 0.15) is 0 Å². The maximum absolute atomic E-state index is 12.2. The van der Waals surface area contributed by atoms with Gasteiger partial charge in [0, 0.05) is 12.6 Å². The van der Waals surface area contributed by atoms with Crippen molar-refractivity contribution in [1.82, 2.24) is 0 Å². The molecule has 0 heterocycles. The highest BCUT2D eigenvalue weighted by Gasteiger charge is 2.18. The Kier molecular flexibility index (Phi) is 6.31. The topological polar surface area (TPSA) is 55.4 Å². The highest BCUT2D eigenvalue weighted by molar-refractivity contribution is 7.91. The second-order valence-electron chi connectivity index (χ2n) is 4.52. The number of hydrogen-bond donors (Lipinski definition) is 1. The molecule has 0 radical (unpaired) electrons. The largest absolute Gasteiger partial charge is 0.380 e. The molecular weight excluding hydrogens is 262 g/mol. The molecule has 1 unspecified atom stereocenters. The molecule has 0 aromatic heterocycles. The molecule has 1 atom stereocenters. The molecule has 108 valence electrons. The van der Waals surface area contributed by atoms with Gasteiger partial charge < -0.3 is 10.1 Å². The van der Waals surface area contributed by atoms with Crippen LogP contribution in [-0.2, 0) is 14.6 Å². The zero-order valence-electron chi connectivity index (χ0n) is 11.8. The highest BCUT2D eigenvalue weighted by atomic mass is 32.2. The van der Waals surface area contributed by atoms with Crippen LogP contribution in [0, 0.1) is 0 Å². The number of hydrogen-bond acceptors (Lipinski definition) is 4. The van der Waals surface area contributed by atoms with Crippen LogP contribution in [0.3, 0.4) is 0 Å². The first-order chi connectivity index (χ1) is 9.01. The summed E-state index contributed by atoms with van der Waals surface area (Å²) in [6, 6.07) is 7.10. The smallest absolute Gasteiger partial charge is 0.180 e. The zero-order valence-corrected chi connectivity index (χ0v) is 12.7. The normalized spacial score (nSPS) is 13.2. The van der Waals surface area contributed by atoms with Crippen molar-refractivity contribution >= 4 is 15.5 Å². The Bertz CT molecular complexity index is 485. The average molecular weight is 285 g/mol. The standard InChI is InChI=1S/C14H23NO3S/c1-4-10-19(16,17)14-9-7-6-8-13(14)15-12(3)11-18-5-2/h6-9,12,15H,4-5,10-11H2,1-3H3. The maximum atomic E-state index is 12.2. The van der Waals surface area contributed by atoms with Gasteiger partial charge in [-0.05, 0) is 32.4 Å². The Hall–Kier alpha value is -1.07. The van der Waals surface area contributed by atoms with E-state index in [0.717, 1.165) is 0 Å². The Morgan fingerprint density at radius 1 is 1.26 bits per heavy atom. The van der Waals surface area contributed by atoms with E-state index in [2.05, 4.69) is 5.32 Å². The lowest BCUT2D eigenvalue weighted by Crippen LogP contribution is -2.23. The third-order valence-electron chi connectivity index (χ3n) is 2.67. The van der Waals surface area contributed by atoms with E-state index < -0.39 is 9.84 Å². The molecular formula is C14H23NO3S. The SMILES string of the molecule is CCCS(=O)(=O)c1ccccc1NC(C)COCC. The predicted molar refractivity (Wildman–Crippen MR) is 78.4 cm³/mol. The van der Waals surface area contributed by atoms with Crippen molar-refractivity contribution in [1.29, 1.82) is 0 Å². The van der Waals surface area contributed by atoms with Crippen molar-refractivity contribution < 1.29 is 13.2 Å². The zero-order chi connectivity index (χ0) is 14.3. The number of benzene rings is 1. The van der Waals surface area contributed by atoms with E-state index in [1.807, 2.05) is 26.8 Å². The Balaban J connectivity index is 2.90. The molecule has 0 fully saturated rings. The average Bonchev–Trinajstić information content (AvgIpc) is 2.36. The van der Waals surface area contributed by atoms with E-state index in [4.69, 9.17) is 4.74 Å². The van der Waals surface area contributed by atoms with Crippen LogP contribution >= 0.6 is 0 Å². The lowest BCUT2D eigenvalue weighted by Gasteiger charge is -2.17. The number of nitrogens with one attached hydrogen (secondary N) is 1. The molecule has 0 aliphatic heterocycles. The van der Waals surface area contributed by atoms with Crippen LogP contribution in [0.5, 0.6) is 0 Å². The number of anilines is 1. The Labute approximate surface area is 116 Å². The van der Waals surface area contributed by atoms with Crippen molar-refractivity contribution in [2.24, 2.45) is 0 Å². The third-order valence-corrected chi connectivity index (χ3v) is 4.64. The molecule has 4 nitrogen and oxygen atoms in total. The number of sulfone groups is 1. The van der Waals surface area contributed by atoms with E-state index >= 15 is 0 Å². The molecule has 1 aromatic rings. The molecule has 19 heavy (non-hydrogen) atoms. The second-order valence-corrected chi connectivity index (χ2v) is 6.60. The lowest BCUT2D eigenvalue weighted by atomic mass is 10.3. The fourth-order valence-corrected chi connectivity index (χ4v) is 3.34. The van der Waals surface area contributed by atoms with Crippen LogP contribution in [-0.4, -0.2) is 33.4 Å². The molecule has 5 heteroatoms. The minimum Gasteiger partial charge on any atom is -0.380 e. The van der Waals surface area contributed by atoms with Gasteiger partial charge in [0.05, 0.1) is 22.9 Å². The van der Waals surface area contributed by atoms with Crippen LogP contribution in [0.2, 0.25) is 0 Å². The summed E-state index contributed by atoms with van der Waals surface area (Å²) in [4.78, 5) is 0.375. The van der Waals surface area contributed by atoms with Gasteiger partial charge in [-0.1, -0.05) is 19.1 Å². The second kappa shape index (κ2) is 7.50. The highest BCUT2D eigenvalue weighted by Crippen LogP contribution is 2.23. The van der Waals surface area contributed by atoms with E-state index in [9.17, 15) is 8.42 Å². The minimum atomic E-state index is -3.21. The van der Waals surface area contributed by atoms with Gasteiger partial charge in [-0.15, -0.1) is 0 Å². The van der Waals surface area contributed by atoms with Gasteiger partial charge in [0.25, 0.3) is 0 Å².